The monoisotopic (exact) mass is 597 g/mol. The Balaban J connectivity index is 1.04. The van der Waals surface area contributed by atoms with Crippen molar-refractivity contribution in [3.05, 3.63) is 87.2 Å². The van der Waals surface area contributed by atoms with Gasteiger partial charge >= 0.3 is 0 Å². The molecular formula is C33H35N5O4S. The molecule has 0 bridgehead atoms. The number of hydrogen-bond donors (Lipinski definition) is 3. The number of nitrogens with zero attached hydrogens (tertiary/aromatic N) is 3. The molecule has 10 heteroatoms. The largest absolute Gasteiger partial charge is 0.391 e. The van der Waals surface area contributed by atoms with Crippen molar-refractivity contribution >= 4 is 40.6 Å². The van der Waals surface area contributed by atoms with Crippen LogP contribution < -0.4 is 10.6 Å². The first kappa shape index (κ1) is 27.8. The lowest BCUT2D eigenvalue weighted by Crippen LogP contribution is -2.42. The third-order valence-corrected chi connectivity index (χ3v) is 9.98. The van der Waals surface area contributed by atoms with Crippen LogP contribution in [0.3, 0.4) is 0 Å². The molecule has 1 saturated heterocycles. The topological polar surface area (TPSA) is 114 Å². The fraction of sp³-hybridized carbons (Fsp3) is 0.394. The number of carbonyl (C=O) groups is 3. The number of aliphatic hydroxyl groups is 1. The van der Waals surface area contributed by atoms with Crippen LogP contribution in [0.4, 0.5) is 5.69 Å². The Hall–Kier alpha value is -4.02. The predicted octanol–water partition coefficient (Wildman–Crippen LogP) is 3.65. The van der Waals surface area contributed by atoms with Crippen LogP contribution in [0, 0.1) is 0 Å². The number of amides is 3. The molecule has 2 aliphatic carbocycles. The fourth-order valence-electron chi connectivity index (χ4n) is 6.29. The number of nitrogens with one attached hydrogen (secondary N) is 2. The van der Waals surface area contributed by atoms with Crippen LogP contribution in [0.25, 0.3) is 0 Å². The first-order chi connectivity index (χ1) is 20.9. The number of thiophene rings is 1. The van der Waals surface area contributed by atoms with Crippen molar-refractivity contribution in [3.8, 4) is 0 Å². The number of allylic oxidation sites excluding steroid dienone is 2. The number of carbonyl (C=O) groups excluding carboxylic acids is 3. The number of aliphatic hydroxyl groups excluding tert-OH is 1. The number of hydrogen-bond acceptors (Lipinski definition) is 7. The summed E-state index contributed by atoms with van der Waals surface area (Å²) < 4.78 is 0. The number of likely N-dealkylation sites (tertiary alicyclic amines) is 1. The minimum absolute atomic E-state index is 0.00528. The Morgan fingerprint density at radius 1 is 1.00 bits per heavy atom. The zero-order valence-corrected chi connectivity index (χ0v) is 24.7. The van der Waals surface area contributed by atoms with Crippen molar-refractivity contribution in [1.29, 1.82) is 0 Å². The molecule has 5 aliphatic rings. The predicted molar refractivity (Wildman–Crippen MR) is 167 cm³/mol. The summed E-state index contributed by atoms with van der Waals surface area (Å²) in [6, 6.07) is 9.23. The second kappa shape index (κ2) is 11.6. The molecule has 222 valence electrons. The number of anilines is 1. The first-order valence-corrected chi connectivity index (χ1v) is 15.9. The maximum absolute atomic E-state index is 13.9. The summed E-state index contributed by atoms with van der Waals surface area (Å²) in [7, 11) is 0. The van der Waals surface area contributed by atoms with Crippen molar-refractivity contribution in [2.24, 2.45) is 4.99 Å². The van der Waals surface area contributed by atoms with Gasteiger partial charge in [-0.25, -0.2) is 0 Å². The quantitative estimate of drug-likeness (QED) is 0.487. The Bertz CT molecular complexity index is 1570. The van der Waals surface area contributed by atoms with Gasteiger partial charge in [-0.1, -0.05) is 30.4 Å². The molecule has 43 heavy (non-hydrogen) atoms. The second-order valence-electron chi connectivity index (χ2n) is 11.8. The van der Waals surface area contributed by atoms with Gasteiger partial charge in [0.05, 0.1) is 22.6 Å². The van der Waals surface area contributed by atoms with E-state index in [2.05, 4.69) is 27.8 Å². The van der Waals surface area contributed by atoms with Crippen LogP contribution in [0.1, 0.15) is 62.1 Å². The van der Waals surface area contributed by atoms with Gasteiger partial charge in [-0.3, -0.25) is 19.4 Å². The van der Waals surface area contributed by atoms with Gasteiger partial charge in [0.1, 0.15) is 5.84 Å². The number of fused-ring (bicyclic) bond motifs is 3. The number of dihydropyridines is 1. The zero-order valence-electron chi connectivity index (χ0n) is 23.9. The van der Waals surface area contributed by atoms with Crippen molar-refractivity contribution in [3.63, 3.8) is 0 Å². The van der Waals surface area contributed by atoms with Crippen LogP contribution in [-0.4, -0.2) is 82.8 Å². The molecule has 9 nitrogen and oxygen atoms in total. The van der Waals surface area contributed by atoms with E-state index in [9.17, 15) is 19.5 Å². The van der Waals surface area contributed by atoms with E-state index in [1.54, 1.807) is 35.6 Å². The standard InChI is InChI=1S/C33H35N5O4S/c39-24-14-16-37(19-24)30-26(5-3-15-34-30)31(40)35-22-9-7-20(8-10-22)33(42)38-17-13-21-18-28(32(41)36-23-11-12-23)43-29(21)25-4-1-2-6-27(25)38/h1-2,4-10,18,23-25,27,39H,3,11-17,19H2,(H,35,40)(H,36,41). The minimum atomic E-state index is -0.401. The highest BCUT2D eigenvalue weighted by atomic mass is 32.1. The van der Waals surface area contributed by atoms with Crippen molar-refractivity contribution in [1.82, 2.24) is 15.1 Å². The molecule has 1 aromatic heterocycles. The third kappa shape index (κ3) is 5.69. The first-order valence-electron chi connectivity index (χ1n) is 15.1. The summed E-state index contributed by atoms with van der Waals surface area (Å²) >= 11 is 1.55. The van der Waals surface area contributed by atoms with Gasteiger partial charge < -0.3 is 25.5 Å². The molecule has 2 aromatic rings. The van der Waals surface area contributed by atoms with E-state index in [-0.39, 0.29) is 29.7 Å². The van der Waals surface area contributed by atoms with Gasteiger partial charge in [0.15, 0.2) is 0 Å². The lowest BCUT2D eigenvalue weighted by Gasteiger charge is -2.33. The lowest BCUT2D eigenvalue weighted by atomic mass is 9.91. The number of β-amino-alcohol motifs (C(OH)–C–C–N with tert-alkyl or cyclic N) is 1. The average Bonchev–Trinajstić information content (AvgIpc) is 3.61. The van der Waals surface area contributed by atoms with Gasteiger partial charge in [-0.15, -0.1) is 11.3 Å². The van der Waals surface area contributed by atoms with Gasteiger partial charge in [0.2, 0.25) is 0 Å². The Morgan fingerprint density at radius 2 is 1.81 bits per heavy atom. The van der Waals surface area contributed by atoms with Gasteiger partial charge in [-0.2, -0.15) is 0 Å². The normalized spacial score (nSPS) is 24.4. The maximum atomic E-state index is 13.9. The highest BCUT2D eigenvalue weighted by molar-refractivity contribution is 7.14. The molecule has 3 N–H and O–H groups in total. The summed E-state index contributed by atoms with van der Waals surface area (Å²) in [5.74, 6) is 0.331. The van der Waals surface area contributed by atoms with Crippen molar-refractivity contribution in [2.45, 2.75) is 56.2 Å². The van der Waals surface area contributed by atoms with E-state index >= 15 is 0 Å². The molecule has 7 rings (SSSR count). The molecule has 3 atom stereocenters. The van der Waals surface area contributed by atoms with E-state index in [1.807, 2.05) is 34.1 Å². The Kier molecular flexibility index (Phi) is 7.48. The SMILES string of the molecule is O=C(Nc1ccc(C(=O)N2CCc3cc(C(=O)NC4CC4)sc3C3C=CC=CC32)cc1)C1=CCCN=C1N1CCC(O)C1. The number of benzene rings is 1. The molecular weight excluding hydrogens is 562 g/mol. The highest BCUT2D eigenvalue weighted by Crippen LogP contribution is 2.40. The number of aliphatic imine (C=N–C) groups is 1. The summed E-state index contributed by atoms with van der Waals surface area (Å²) in [5.41, 5.74) is 2.81. The van der Waals surface area contributed by atoms with E-state index in [4.69, 9.17) is 0 Å². The minimum Gasteiger partial charge on any atom is -0.391 e. The molecule has 1 aromatic carbocycles. The smallest absolute Gasteiger partial charge is 0.261 e. The molecule has 0 radical (unpaired) electrons. The van der Waals surface area contributed by atoms with Gasteiger partial charge in [-0.05, 0) is 68.0 Å². The summed E-state index contributed by atoms with van der Waals surface area (Å²) in [4.78, 5) is 50.2. The van der Waals surface area contributed by atoms with Crippen LogP contribution in [0.15, 0.2) is 71.3 Å². The van der Waals surface area contributed by atoms with E-state index in [1.165, 1.54) is 0 Å². The van der Waals surface area contributed by atoms with E-state index < -0.39 is 6.10 Å². The molecule has 1 saturated carbocycles. The highest BCUT2D eigenvalue weighted by Gasteiger charge is 2.36. The van der Waals surface area contributed by atoms with Gasteiger partial charge in [0, 0.05) is 54.3 Å². The Morgan fingerprint density at radius 3 is 2.58 bits per heavy atom. The number of rotatable bonds is 5. The molecule has 0 spiro atoms. The van der Waals surface area contributed by atoms with E-state index in [0.29, 0.717) is 74.1 Å². The summed E-state index contributed by atoms with van der Waals surface area (Å²) in [5, 5.41) is 16.0. The third-order valence-electron chi connectivity index (χ3n) is 8.71. The summed E-state index contributed by atoms with van der Waals surface area (Å²) in [6.07, 6.45) is 13.9. The maximum Gasteiger partial charge on any atom is 0.261 e. The molecule has 4 heterocycles. The molecule has 3 amide bonds. The van der Waals surface area contributed by atoms with Crippen molar-refractivity contribution in [2.75, 3.05) is 31.5 Å². The van der Waals surface area contributed by atoms with Crippen LogP contribution >= 0.6 is 11.3 Å². The average molecular weight is 598 g/mol. The summed E-state index contributed by atoms with van der Waals surface area (Å²) in [6.45, 7) is 2.33. The number of amidine groups is 1. The molecule has 3 unspecified atom stereocenters. The van der Waals surface area contributed by atoms with Gasteiger partial charge in [0.25, 0.3) is 17.7 Å². The molecule has 3 aliphatic heterocycles. The van der Waals surface area contributed by atoms with Crippen molar-refractivity contribution < 1.29 is 19.5 Å². The Labute approximate surface area is 254 Å². The molecule has 2 fully saturated rings. The van der Waals surface area contributed by atoms with E-state index in [0.717, 1.165) is 28.2 Å². The van der Waals surface area contributed by atoms with Crippen LogP contribution in [0.5, 0.6) is 0 Å². The van der Waals surface area contributed by atoms with Crippen LogP contribution in [-0.2, 0) is 11.2 Å². The zero-order chi connectivity index (χ0) is 29.5. The second-order valence-corrected chi connectivity index (χ2v) is 12.9. The lowest BCUT2D eigenvalue weighted by molar-refractivity contribution is -0.112. The van der Waals surface area contributed by atoms with Crippen LogP contribution in [0.2, 0.25) is 0 Å². The fourth-order valence-corrected chi connectivity index (χ4v) is 7.53.